The maximum absolute atomic E-state index is 12.4. The molecule has 138 valence electrons. The van der Waals surface area contributed by atoms with E-state index in [0.717, 1.165) is 31.8 Å². The van der Waals surface area contributed by atoms with Crippen molar-refractivity contribution >= 4 is 17.7 Å². The van der Waals surface area contributed by atoms with E-state index in [1.54, 1.807) is 7.11 Å². The van der Waals surface area contributed by atoms with Crippen molar-refractivity contribution < 1.29 is 14.3 Å². The van der Waals surface area contributed by atoms with Crippen molar-refractivity contribution in [3.63, 3.8) is 0 Å². The maximum atomic E-state index is 12.4. The van der Waals surface area contributed by atoms with Crippen molar-refractivity contribution in [3.8, 4) is 5.75 Å². The van der Waals surface area contributed by atoms with Gasteiger partial charge < -0.3 is 14.8 Å². The summed E-state index contributed by atoms with van der Waals surface area (Å²) in [5, 5.41) is 3.87. The molecule has 0 unspecified atom stereocenters. The van der Waals surface area contributed by atoms with E-state index in [1.807, 2.05) is 30.0 Å². The molecule has 3 rings (SSSR count). The van der Waals surface area contributed by atoms with Crippen LogP contribution < -0.4 is 10.1 Å². The number of hydrogen-bond acceptors (Lipinski definition) is 4. The minimum atomic E-state index is -0.0987. The van der Waals surface area contributed by atoms with Gasteiger partial charge in [-0.1, -0.05) is 31.0 Å². The Kier molecular flexibility index (Phi) is 6.65. The molecule has 1 N–H and O–H groups in total. The van der Waals surface area contributed by atoms with Crippen LogP contribution in [0.4, 0.5) is 0 Å². The summed E-state index contributed by atoms with van der Waals surface area (Å²) in [5.74, 6) is 1.63. The average Bonchev–Trinajstić information content (AvgIpc) is 3.19. The van der Waals surface area contributed by atoms with Crippen molar-refractivity contribution in [3.05, 3.63) is 29.8 Å². The summed E-state index contributed by atoms with van der Waals surface area (Å²) in [6.45, 7) is 2.11. The van der Waals surface area contributed by atoms with E-state index in [2.05, 4.69) is 11.4 Å². The SMILES string of the molecule is COc1ccccc1C1(CNC(=O)CSC2CCCC2)CCOCC1. The van der Waals surface area contributed by atoms with Gasteiger partial charge in [-0.2, -0.15) is 0 Å². The molecule has 0 bridgehead atoms. The Morgan fingerprint density at radius 2 is 2.00 bits per heavy atom. The van der Waals surface area contributed by atoms with Crippen LogP contribution in [0.5, 0.6) is 5.75 Å². The summed E-state index contributed by atoms with van der Waals surface area (Å²) in [7, 11) is 1.71. The minimum absolute atomic E-state index is 0.0987. The van der Waals surface area contributed by atoms with Crippen LogP contribution in [0.1, 0.15) is 44.1 Å². The highest BCUT2D eigenvalue weighted by Crippen LogP contribution is 2.39. The third-order valence-electron chi connectivity index (χ3n) is 5.50. The lowest BCUT2D eigenvalue weighted by Gasteiger charge is -2.38. The predicted molar refractivity (Wildman–Crippen MR) is 102 cm³/mol. The molecule has 4 nitrogen and oxygen atoms in total. The van der Waals surface area contributed by atoms with Crippen LogP contribution in [-0.2, 0) is 14.9 Å². The van der Waals surface area contributed by atoms with E-state index in [-0.39, 0.29) is 11.3 Å². The molecule has 25 heavy (non-hydrogen) atoms. The molecule has 0 aromatic heterocycles. The molecule has 1 aromatic rings. The molecule has 2 fully saturated rings. The van der Waals surface area contributed by atoms with Crippen LogP contribution in [0.25, 0.3) is 0 Å². The Labute approximate surface area is 155 Å². The fourth-order valence-electron chi connectivity index (χ4n) is 3.95. The molecule has 0 radical (unpaired) electrons. The number of ether oxygens (including phenoxy) is 2. The van der Waals surface area contributed by atoms with E-state index in [0.29, 0.717) is 17.5 Å². The van der Waals surface area contributed by atoms with Gasteiger partial charge in [0.25, 0.3) is 0 Å². The van der Waals surface area contributed by atoms with Gasteiger partial charge in [0.2, 0.25) is 5.91 Å². The fourth-order valence-corrected chi connectivity index (χ4v) is 5.11. The van der Waals surface area contributed by atoms with Crippen molar-refractivity contribution in [1.82, 2.24) is 5.32 Å². The topological polar surface area (TPSA) is 47.6 Å². The van der Waals surface area contributed by atoms with Crippen LogP contribution in [0.15, 0.2) is 24.3 Å². The Balaban J connectivity index is 1.63. The first-order chi connectivity index (χ1) is 12.2. The normalized spacial score (nSPS) is 20.4. The van der Waals surface area contributed by atoms with E-state index in [4.69, 9.17) is 9.47 Å². The molecule has 1 saturated heterocycles. The Hall–Kier alpha value is -1.20. The number of thioether (sulfide) groups is 1. The zero-order valence-electron chi connectivity index (χ0n) is 15.1. The quantitative estimate of drug-likeness (QED) is 0.805. The molecular formula is C20H29NO3S. The van der Waals surface area contributed by atoms with Gasteiger partial charge in [0.1, 0.15) is 5.75 Å². The second-order valence-corrected chi connectivity index (χ2v) is 8.38. The largest absolute Gasteiger partial charge is 0.496 e. The number of carbonyl (C=O) groups excluding carboxylic acids is 1. The Morgan fingerprint density at radius 1 is 1.28 bits per heavy atom. The standard InChI is InChI=1S/C20H29NO3S/c1-23-18-9-5-4-8-17(18)20(10-12-24-13-11-20)15-21-19(22)14-25-16-6-2-3-7-16/h4-5,8-9,16H,2-3,6-7,10-15H2,1H3,(H,21,22). The van der Waals surface area contributed by atoms with E-state index < -0.39 is 0 Å². The van der Waals surface area contributed by atoms with Gasteiger partial charge in [0.05, 0.1) is 12.9 Å². The number of hydrogen-bond donors (Lipinski definition) is 1. The molecule has 5 heteroatoms. The summed E-state index contributed by atoms with van der Waals surface area (Å²) in [6, 6.07) is 8.17. The summed E-state index contributed by atoms with van der Waals surface area (Å²) in [5.41, 5.74) is 1.09. The van der Waals surface area contributed by atoms with Crippen LogP contribution in [-0.4, -0.2) is 43.8 Å². The molecular weight excluding hydrogens is 334 g/mol. The van der Waals surface area contributed by atoms with Gasteiger partial charge in [-0.25, -0.2) is 0 Å². The number of amides is 1. The molecule has 1 aromatic carbocycles. The van der Waals surface area contributed by atoms with Crippen LogP contribution in [0.3, 0.4) is 0 Å². The summed E-state index contributed by atoms with van der Waals surface area (Å²) in [6.07, 6.45) is 6.97. The first-order valence-electron chi connectivity index (χ1n) is 9.33. The smallest absolute Gasteiger partial charge is 0.230 e. The lowest BCUT2D eigenvalue weighted by atomic mass is 9.73. The Morgan fingerprint density at radius 3 is 2.72 bits per heavy atom. The number of methoxy groups -OCH3 is 1. The monoisotopic (exact) mass is 363 g/mol. The minimum Gasteiger partial charge on any atom is -0.496 e. The van der Waals surface area contributed by atoms with Gasteiger partial charge in [-0.05, 0) is 31.7 Å². The van der Waals surface area contributed by atoms with Gasteiger partial charge in [0, 0.05) is 36.0 Å². The third kappa shape index (κ3) is 4.70. The number of nitrogens with one attached hydrogen (secondary N) is 1. The van der Waals surface area contributed by atoms with E-state index in [1.165, 1.54) is 31.2 Å². The molecule has 0 atom stereocenters. The van der Waals surface area contributed by atoms with Gasteiger partial charge in [-0.3, -0.25) is 4.79 Å². The molecule has 0 spiro atoms. The zero-order valence-corrected chi connectivity index (χ0v) is 15.9. The predicted octanol–water partition coefficient (Wildman–Crippen LogP) is 3.54. The van der Waals surface area contributed by atoms with Crippen molar-refractivity contribution in [2.75, 3.05) is 32.6 Å². The highest BCUT2D eigenvalue weighted by Gasteiger charge is 2.37. The first-order valence-corrected chi connectivity index (χ1v) is 10.4. The molecule has 1 amide bonds. The average molecular weight is 364 g/mol. The number of carbonyl (C=O) groups is 1. The van der Waals surface area contributed by atoms with E-state index in [9.17, 15) is 4.79 Å². The van der Waals surface area contributed by atoms with Gasteiger partial charge >= 0.3 is 0 Å². The van der Waals surface area contributed by atoms with E-state index >= 15 is 0 Å². The number of rotatable bonds is 7. The van der Waals surface area contributed by atoms with Crippen molar-refractivity contribution in [2.45, 2.75) is 49.2 Å². The third-order valence-corrected chi connectivity index (χ3v) is 6.88. The molecule has 1 aliphatic heterocycles. The number of benzene rings is 1. The summed E-state index contributed by atoms with van der Waals surface area (Å²) >= 11 is 1.82. The molecule has 1 heterocycles. The lowest BCUT2D eigenvalue weighted by Crippen LogP contribution is -2.45. The first kappa shape index (κ1) is 18.6. The second-order valence-electron chi connectivity index (χ2n) is 7.09. The summed E-state index contributed by atoms with van der Waals surface area (Å²) in [4.78, 5) is 12.4. The second kappa shape index (κ2) is 8.95. The highest BCUT2D eigenvalue weighted by molar-refractivity contribution is 8.00. The molecule has 1 saturated carbocycles. The van der Waals surface area contributed by atoms with Crippen molar-refractivity contribution in [1.29, 1.82) is 0 Å². The van der Waals surface area contributed by atoms with Gasteiger partial charge in [0.15, 0.2) is 0 Å². The van der Waals surface area contributed by atoms with Crippen LogP contribution >= 0.6 is 11.8 Å². The molecule has 2 aliphatic rings. The summed E-state index contributed by atoms with van der Waals surface area (Å²) < 4.78 is 11.2. The van der Waals surface area contributed by atoms with Crippen LogP contribution in [0.2, 0.25) is 0 Å². The number of para-hydroxylation sites is 1. The lowest BCUT2D eigenvalue weighted by molar-refractivity contribution is -0.119. The zero-order chi connectivity index (χ0) is 17.5. The van der Waals surface area contributed by atoms with Crippen LogP contribution in [0, 0.1) is 0 Å². The highest BCUT2D eigenvalue weighted by atomic mass is 32.2. The molecule has 1 aliphatic carbocycles. The Bertz CT molecular complexity index is 566. The van der Waals surface area contributed by atoms with Gasteiger partial charge in [-0.15, -0.1) is 11.8 Å². The van der Waals surface area contributed by atoms with Crippen molar-refractivity contribution in [2.24, 2.45) is 0 Å². The maximum Gasteiger partial charge on any atom is 0.230 e. The fraction of sp³-hybridized carbons (Fsp3) is 0.650.